The lowest BCUT2D eigenvalue weighted by atomic mass is 9.71. The number of benzene rings is 1. The average molecular weight is 389 g/mol. The van der Waals surface area contributed by atoms with Gasteiger partial charge in [-0.05, 0) is 55.6 Å². The number of ketones is 1. The Morgan fingerprint density at radius 3 is 2.46 bits per heavy atom. The molecule has 5 nitrogen and oxygen atoms in total. The number of hydrogen-bond acceptors (Lipinski definition) is 5. The zero-order chi connectivity index (χ0) is 20.7. The Kier molecular flexibility index (Phi) is 8.20. The number of esters is 1. The summed E-state index contributed by atoms with van der Waals surface area (Å²) < 4.78 is 4.97. The molecule has 0 bridgehead atoms. The minimum absolute atomic E-state index is 0.0445. The zero-order valence-electron chi connectivity index (χ0n) is 17.8. The molecule has 156 valence electrons. The fourth-order valence-electron chi connectivity index (χ4n) is 4.01. The number of rotatable bonds is 8. The molecule has 0 amide bonds. The largest absolute Gasteiger partial charge is 0.465 e. The van der Waals surface area contributed by atoms with Gasteiger partial charge in [0, 0.05) is 24.7 Å². The van der Waals surface area contributed by atoms with Gasteiger partial charge in [-0.25, -0.2) is 0 Å². The lowest BCUT2D eigenvalue weighted by Crippen LogP contribution is -2.36. The van der Waals surface area contributed by atoms with E-state index in [-0.39, 0.29) is 18.9 Å². The van der Waals surface area contributed by atoms with Crippen molar-refractivity contribution in [2.24, 2.45) is 23.0 Å². The van der Waals surface area contributed by atoms with Crippen molar-refractivity contribution in [1.29, 1.82) is 0 Å². The second-order valence-corrected chi connectivity index (χ2v) is 8.90. The van der Waals surface area contributed by atoms with Crippen molar-refractivity contribution < 1.29 is 14.3 Å². The maximum Gasteiger partial charge on any atom is 0.318 e. The highest BCUT2D eigenvalue weighted by atomic mass is 16.5. The molecule has 3 N–H and O–H groups in total. The highest BCUT2D eigenvalue weighted by molar-refractivity contribution is 6.08. The molecule has 1 fully saturated rings. The molecule has 0 saturated heterocycles. The Morgan fingerprint density at radius 2 is 1.89 bits per heavy atom. The average Bonchev–Trinajstić information content (AvgIpc) is 2.67. The number of hydrogen-bond donors (Lipinski definition) is 2. The standard InChI is InChI=1S/C23H36N2O3/c1-5-28-22(27)20(14-24)21(26)17-8-6-7-16(13-17)15-25-19-11-9-18(10-12-19)23(2,3)4/h6-8,13,18-20,25H,5,9-12,14-15,24H2,1-4H3. The van der Waals surface area contributed by atoms with Gasteiger partial charge in [0.15, 0.2) is 5.78 Å². The van der Waals surface area contributed by atoms with Crippen LogP contribution in [0.15, 0.2) is 24.3 Å². The predicted octanol–water partition coefficient (Wildman–Crippen LogP) is 3.70. The number of carbonyl (C=O) groups is 2. The third-order valence-corrected chi connectivity index (χ3v) is 5.88. The molecular formula is C23H36N2O3. The number of Topliss-reactive ketones (excluding diaryl/α,β-unsaturated/α-hetero) is 1. The van der Waals surface area contributed by atoms with Crippen molar-refractivity contribution in [2.75, 3.05) is 13.2 Å². The summed E-state index contributed by atoms with van der Waals surface area (Å²) >= 11 is 0. The lowest BCUT2D eigenvalue weighted by Gasteiger charge is -2.37. The normalized spacial score (nSPS) is 21.2. The molecule has 5 heteroatoms. The van der Waals surface area contributed by atoms with E-state index in [1.54, 1.807) is 13.0 Å². The highest BCUT2D eigenvalue weighted by Gasteiger charge is 2.30. The number of ether oxygens (including phenoxy) is 1. The summed E-state index contributed by atoms with van der Waals surface area (Å²) in [5.74, 6) is -0.957. The van der Waals surface area contributed by atoms with Crippen LogP contribution in [0.25, 0.3) is 0 Å². The van der Waals surface area contributed by atoms with E-state index < -0.39 is 11.9 Å². The van der Waals surface area contributed by atoms with Gasteiger partial charge in [0.25, 0.3) is 0 Å². The summed E-state index contributed by atoms with van der Waals surface area (Å²) in [6.45, 7) is 9.63. The summed E-state index contributed by atoms with van der Waals surface area (Å²) in [6, 6.07) is 7.99. The molecule has 0 spiro atoms. The van der Waals surface area contributed by atoms with Gasteiger partial charge < -0.3 is 15.8 Å². The third-order valence-electron chi connectivity index (χ3n) is 5.88. The maximum atomic E-state index is 12.7. The number of nitrogens with one attached hydrogen (secondary N) is 1. The Hall–Kier alpha value is -1.72. The van der Waals surface area contributed by atoms with Gasteiger partial charge in [-0.1, -0.05) is 39.0 Å². The molecular weight excluding hydrogens is 352 g/mol. The minimum atomic E-state index is -0.934. The Bertz CT molecular complexity index is 658. The van der Waals surface area contributed by atoms with Crippen molar-refractivity contribution in [3.63, 3.8) is 0 Å². The molecule has 2 rings (SSSR count). The van der Waals surface area contributed by atoms with Crippen LogP contribution in [0, 0.1) is 17.3 Å². The molecule has 28 heavy (non-hydrogen) atoms. The Balaban J connectivity index is 1.93. The Labute approximate surface area is 169 Å². The molecule has 1 aliphatic rings. The molecule has 0 aliphatic heterocycles. The van der Waals surface area contributed by atoms with E-state index in [2.05, 4.69) is 26.1 Å². The van der Waals surface area contributed by atoms with Crippen LogP contribution in [0.2, 0.25) is 0 Å². The van der Waals surface area contributed by atoms with Crippen LogP contribution in [-0.4, -0.2) is 30.9 Å². The van der Waals surface area contributed by atoms with Crippen molar-refractivity contribution >= 4 is 11.8 Å². The monoisotopic (exact) mass is 388 g/mol. The Morgan fingerprint density at radius 1 is 1.21 bits per heavy atom. The van der Waals surface area contributed by atoms with Gasteiger partial charge in [0.1, 0.15) is 5.92 Å². The number of carbonyl (C=O) groups excluding carboxylic acids is 2. The minimum Gasteiger partial charge on any atom is -0.465 e. The van der Waals surface area contributed by atoms with Crippen LogP contribution in [0.5, 0.6) is 0 Å². The number of nitrogens with two attached hydrogens (primary N) is 1. The highest BCUT2D eigenvalue weighted by Crippen LogP contribution is 2.37. The van der Waals surface area contributed by atoms with Crippen molar-refractivity contribution in [1.82, 2.24) is 5.32 Å². The smallest absolute Gasteiger partial charge is 0.318 e. The molecule has 1 atom stereocenters. The van der Waals surface area contributed by atoms with E-state index in [0.29, 0.717) is 17.0 Å². The summed E-state index contributed by atoms with van der Waals surface area (Å²) in [7, 11) is 0. The van der Waals surface area contributed by atoms with E-state index in [1.807, 2.05) is 18.2 Å². The fraction of sp³-hybridized carbons (Fsp3) is 0.652. The van der Waals surface area contributed by atoms with Crippen molar-refractivity contribution in [3.8, 4) is 0 Å². The van der Waals surface area contributed by atoms with Gasteiger partial charge in [-0.15, -0.1) is 0 Å². The van der Waals surface area contributed by atoms with Gasteiger partial charge >= 0.3 is 5.97 Å². The van der Waals surface area contributed by atoms with Crippen molar-refractivity contribution in [3.05, 3.63) is 35.4 Å². The van der Waals surface area contributed by atoms with E-state index in [9.17, 15) is 9.59 Å². The third kappa shape index (κ3) is 6.14. The molecule has 0 aromatic heterocycles. The summed E-state index contributed by atoms with van der Waals surface area (Å²) in [4.78, 5) is 24.6. The SMILES string of the molecule is CCOC(=O)C(CN)C(=O)c1cccc(CNC2CCC(C(C)(C)C)CC2)c1. The van der Waals surface area contributed by atoms with Crippen LogP contribution < -0.4 is 11.1 Å². The van der Waals surface area contributed by atoms with Crippen LogP contribution in [-0.2, 0) is 16.1 Å². The molecule has 1 aliphatic carbocycles. The van der Waals surface area contributed by atoms with E-state index in [1.165, 1.54) is 25.7 Å². The van der Waals surface area contributed by atoms with Gasteiger partial charge in [-0.3, -0.25) is 9.59 Å². The summed E-state index contributed by atoms with van der Waals surface area (Å²) in [5, 5.41) is 3.63. The van der Waals surface area contributed by atoms with E-state index in [0.717, 1.165) is 18.0 Å². The van der Waals surface area contributed by atoms with Gasteiger partial charge in [-0.2, -0.15) is 0 Å². The first-order valence-corrected chi connectivity index (χ1v) is 10.5. The molecule has 1 unspecified atom stereocenters. The summed E-state index contributed by atoms with van der Waals surface area (Å²) in [6.07, 6.45) is 4.91. The molecule has 0 radical (unpaired) electrons. The van der Waals surface area contributed by atoms with Crippen LogP contribution >= 0.6 is 0 Å². The molecule has 1 aromatic carbocycles. The maximum absolute atomic E-state index is 12.7. The van der Waals surface area contributed by atoms with Gasteiger partial charge in [0.05, 0.1) is 6.61 Å². The zero-order valence-corrected chi connectivity index (χ0v) is 17.8. The quantitative estimate of drug-likeness (QED) is 0.403. The van der Waals surface area contributed by atoms with Gasteiger partial charge in [0.2, 0.25) is 0 Å². The molecule has 0 heterocycles. The summed E-state index contributed by atoms with van der Waals surface area (Å²) in [5.41, 5.74) is 7.59. The van der Waals surface area contributed by atoms with Crippen LogP contribution in [0.3, 0.4) is 0 Å². The topological polar surface area (TPSA) is 81.4 Å². The second-order valence-electron chi connectivity index (χ2n) is 8.90. The predicted molar refractivity (Wildman–Crippen MR) is 112 cm³/mol. The van der Waals surface area contributed by atoms with Crippen molar-refractivity contribution in [2.45, 2.75) is 66.0 Å². The van der Waals surface area contributed by atoms with Crippen LogP contribution in [0.1, 0.15) is 69.3 Å². The first-order valence-electron chi connectivity index (χ1n) is 10.5. The molecule has 1 aromatic rings. The first-order chi connectivity index (χ1) is 13.3. The molecule has 1 saturated carbocycles. The lowest BCUT2D eigenvalue weighted by molar-refractivity contribution is -0.145. The van der Waals surface area contributed by atoms with Crippen LogP contribution in [0.4, 0.5) is 0 Å². The van der Waals surface area contributed by atoms with E-state index >= 15 is 0 Å². The van der Waals surface area contributed by atoms with E-state index in [4.69, 9.17) is 10.5 Å². The fourth-order valence-corrected chi connectivity index (χ4v) is 4.01. The first kappa shape index (κ1) is 22.6. The second kappa shape index (κ2) is 10.2.